The maximum absolute atomic E-state index is 13.1. The van der Waals surface area contributed by atoms with Gasteiger partial charge in [-0.3, -0.25) is 0 Å². The highest BCUT2D eigenvalue weighted by Gasteiger charge is 2.10. The smallest absolute Gasteiger partial charge is 0.141 e. The van der Waals surface area contributed by atoms with Gasteiger partial charge in [-0.1, -0.05) is 41.4 Å². The van der Waals surface area contributed by atoms with Crippen molar-refractivity contribution in [2.45, 2.75) is 13.0 Å². The molecule has 0 aliphatic carbocycles. The van der Waals surface area contributed by atoms with Crippen LogP contribution in [0.2, 0.25) is 10.0 Å². The minimum Gasteiger partial charge on any atom is -0.313 e. The molecule has 0 heterocycles. The van der Waals surface area contributed by atoms with Crippen molar-refractivity contribution in [3.63, 3.8) is 0 Å². The van der Waals surface area contributed by atoms with E-state index in [0.717, 1.165) is 16.7 Å². The summed E-state index contributed by atoms with van der Waals surface area (Å²) in [6.07, 6.45) is 0. The second-order valence-corrected chi connectivity index (χ2v) is 5.19. The third kappa shape index (κ3) is 3.08. The minimum absolute atomic E-state index is 0.112. The number of nitrogens with one attached hydrogen (secondary N) is 1. The molecule has 4 heteroatoms. The van der Waals surface area contributed by atoms with Gasteiger partial charge in [0.05, 0.1) is 5.02 Å². The van der Waals surface area contributed by atoms with Gasteiger partial charge in [0.2, 0.25) is 0 Å². The topological polar surface area (TPSA) is 12.0 Å². The van der Waals surface area contributed by atoms with E-state index in [2.05, 4.69) is 5.32 Å². The first-order valence-corrected chi connectivity index (χ1v) is 6.70. The molecule has 1 nitrogen and oxygen atoms in total. The van der Waals surface area contributed by atoms with E-state index in [1.165, 1.54) is 6.07 Å². The molecule has 0 amide bonds. The maximum Gasteiger partial charge on any atom is 0.141 e. The summed E-state index contributed by atoms with van der Waals surface area (Å²) in [4.78, 5) is 0. The van der Waals surface area contributed by atoms with Gasteiger partial charge in [0.15, 0.2) is 0 Å². The number of hydrogen-bond donors (Lipinski definition) is 1. The lowest BCUT2D eigenvalue weighted by molar-refractivity contribution is 0.628. The molecule has 0 aliphatic rings. The van der Waals surface area contributed by atoms with Crippen molar-refractivity contribution in [1.29, 1.82) is 0 Å². The molecule has 0 aromatic heterocycles. The monoisotopic (exact) mass is 297 g/mol. The molecule has 2 rings (SSSR count). The van der Waals surface area contributed by atoms with Crippen LogP contribution in [0.4, 0.5) is 4.39 Å². The fraction of sp³-hybridized carbons (Fsp3) is 0.200. The van der Waals surface area contributed by atoms with Crippen LogP contribution in [0.15, 0.2) is 36.4 Å². The predicted molar refractivity (Wildman–Crippen MR) is 79.3 cm³/mol. The van der Waals surface area contributed by atoms with Gasteiger partial charge in [0.1, 0.15) is 5.82 Å². The fourth-order valence-electron chi connectivity index (χ4n) is 1.89. The van der Waals surface area contributed by atoms with Crippen LogP contribution in [-0.4, -0.2) is 7.05 Å². The molecule has 0 bridgehead atoms. The highest BCUT2D eigenvalue weighted by molar-refractivity contribution is 6.32. The Balaban J connectivity index is 2.41. The summed E-state index contributed by atoms with van der Waals surface area (Å²) in [5.41, 5.74) is 2.79. The molecule has 100 valence electrons. The highest BCUT2D eigenvalue weighted by Crippen LogP contribution is 2.30. The van der Waals surface area contributed by atoms with E-state index < -0.39 is 5.82 Å². The molecule has 1 N–H and O–H groups in total. The molecule has 0 saturated heterocycles. The molecule has 0 radical (unpaired) electrons. The Morgan fingerprint density at radius 1 is 1.00 bits per heavy atom. The van der Waals surface area contributed by atoms with Crippen LogP contribution in [-0.2, 0) is 0 Å². The molecule has 1 atom stereocenters. The third-order valence-electron chi connectivity index (χ3n) is 3.15. The number of halogens is 3. The Morgan fingerprint density at radius 3 is 2.11 bits per heavy atom. The first-order valence-electron chi connectivity index (χ1n) is 5.95. The second kappa shape index (κ2) is 5.91. The molecule has 0 fully saturated rings. The Morgan fingerprint density at radius 2 is 1.58 bits per heavy atom. The van der Waals surface area contributed by atoms with Gasteiger partial charge in [-0.25, -0.2) is 4.39 Å². The average Bonchev–Trinajstić information content (AvgIpc) is 2.41. The summed E-state index contributed by atoms with van der Waals surface area (Å²) in [5, 5.41) is 3.94. The Labute approximate surface area is 122 Å². The van der Waals surface area contributed by atoms with Crippen molar-refractivity contribution in [2.75, 3.05) is 7.05 Å². The van der Waals surface area contributed by atoms with Crippen molar-refractivity contribution in [2.24, 2.45) is 0 Å². The number of benzene rings is 2. The summed E-state index contributed by atoms with van der Waals surface area (Å²) in [5.74, 6) is -0.420. The molecular formula is C15H14Cl2FN. The molecule has 19 heavy (non-hydrogen) atoms. The first-order chi connectivity index (χ1) is 9.02. The molecule has 0 spiro atoms. The van der Waals surface area contributed by atoms with Gasteiger partial charge in [-0.05, 0) is 48.9 Å². The van der Waals surface area contributed by atoms with E-state index in [1.54, 1.807) is 12.1 Å². The van der Waals surface area contributed by atoms with Crippen molar-refractivity contribution < 1.29 is 4.39 Å². The minimum atomic E-state index is -0.420. The lowest BCUT2D eigenvalue weighted by Crippen LogP contribution is -2.12. The van der Waals surface area contributed by atoms with Crippen molar-refractivity contribution >= 4 is 23.2 Å². The zero-order valence-corrected chi connectivity index (χ0v) is 12.2. The third-order valence-corrected chi connectivity index (χ3v) is 3.77. The van der Waals surface area contributed by atoms with Crippen LogP contribution in [0.3, 0.4) is 0 Å². The fourth-order valence-corrected chi connectivity index (χ4v) is 2.41. The SMILES string of the molecule is CNC(C)c1ccc(-c2ccc(F)c(Cl)c2)cc1Cl. The maximum atomic E-state index is 13.1. The van der Waals surface area contributed by atoms with Crippen LogP contribution in [0.1, 0.15) is 18.5 Å². The second-order valence-electron chi connectivity index (χ2n) is 4.38. The Hall–Kier alpha value is -1.09. The highest BCUT2D eigenvalue weighted by atomic mass is 35.5. The van der Waals surface area contributed by atoms with Crippen molar-refractivity contribution in [3.05, 3.63) is 57.8 Å². The van der Waals surface area contributed by atoms with Gasteiger partial charge in [-0.2, -0.15) is 0 Å². The van der Waals surface area contributed by atoms with Crippen LogP contribution < -0.4 is 5.32 Å². The van der Waals surface area contributed by atoms with E-state index in [0.29, 0.717) is 5.02 Å². The van der Waals surface area contributed by atoms with E-state index in [1.807, 2.05) is 32.2 Å². The van der Waals surface area contributed by atoms with E-state index in [9.17, 15) is 4.39 Å². The van der Waals surface area contributed by atoms with Crippen LogP contribution in [0.25, 0.3) is 11.1 Å². The summed E-state index contributed by atoms with van der Waals surface area (Å²) in [6, 6.07) is 10.6. The predicted octanol–water partition coefficient (Wildman–Crippen LogP) is 5.08. The lowest BCUT2D eigenvalue weighted by atomic mass is 10.0. The van der Waals surface area contributed by atoms with Gasteiger partial charge < -0.3 is 5.32 Å². The van der Waals surface area contributed by atoms with Gasteiger partial charge >= 0.3 is 0 Å². The number of rotatable bonds is 3. The van der Waals surface area contributed by atoms with E-state index in [4.69, 9.17) is 23.2 Å². The summed E-state index contributed by atoms with van der Waals surface area (Å²) < 4.78 is 13.1. The van der Waals surface area contributed by atoms with Crippen molar-refractivity contribution in [1.82, 2.24) is 5.32 Å². The number of hydrogen-bond acceptors (Lipinski definition) is 1. The molecule has 0 aliphatic heterocycles. The zero-order chi connectivity index (χ0) is 14.0. The van der Waals surface area contributed by atoms with Crippen LogP contribution >= 0.6 is 23.2 Å². The van der Waals surface area contributed by atoms with Gasteiger partial charge in [-0.15, -0.1) is 0 Å². The van der Waals surface area contributed by atoms with Crippen LogP contribution in [0.5, 0.6) is 0 Å². The quantitative estimate of drug-likeness (QED) is 0.833. The van der Waals surface area contributed by atoms with E-state index in [-0.39, 0.29) is 11.1 Å². The van der Waals surface area contributed by atoms with Crippen LogP contribution in [0, 0.1) is 5.82 Å². The Kier molecular flexibility index (Phi) is 4.46. The van der Waals surface area contributed by atoms with Gasteiger partial charge in [0, 0.05) is 11.1 Å². The molecule has 2 aromatic rings. The lowest BCUT2D eigenvalue weighted by Gasteiger charge is -2.14. The normalized spacial score (nSPS) is 12.5. The largest absolute Gasteiger partial charge is 0.313 e. The van der Waals surface area contributed by atoms with Crippen molar-refractivity contribution in [3.8, 4) is 11.1 Å². The molecule has 1 unspecified atom stereocenters. The summed E-state index contributed by atoms with van der Waals surface area (Å²) in [7, 11) is 1.88. The standard InChI is InChI=1S/C15H14Cl2FN/c1-9(19-2)12-5-3-10(7-13(12)16)11-4-6-15(18)14(17)8-11/h3-9,19H,1-2H3. The first kappa shape index (κ1) is 14.3. The van der Waals surface area contributed by atoms with E-state index >= 15 is 0 Å². The molecular weight excluding hydrogens is 284 g/mol. The zero-order valence-electron chi connectivity index (χ0n) is 10.7. The molecule has 0 saturated carbocycles. The molecule has 2 aromatic carbocycles. The Bertz CT molecular complexity index is 599. The van der Waals surface area contributed by atoms with Gasteiger partial charge in [0.25, 0.3) is 0 Å². The average molecular weight is 298 g/mol. The summed E-state index contributed by atoms with van der Waals surface area (Å²) >= 11 is 12.1. The summed E-state index contributed by atoms with van der Waals surface area (Å²) in [6.45, 7) is 2.04.